The van der Waals surface area contributed by atoms with E-state index in [2.05, 4.69) is 5.10 Å². The molecule has 84 valence electrons. The first-order valence-corrected chi connectivity index (χ1v) is 4.87. The summed E-state index contributed by atoms with van der Waals surface area (Å²) in [6.07, 6.45) is 2.83. The Labute approximate surface area is 92.3 Å². The molecule has 2 aromatic heterocycles. The molecule has 1 atom stereocenters. The van der Waals surface area contributed by atoms with Gasteiger partial charge in [0.1, 0.15) is 0 Å². The summed E-state index contributed by atoms with van der Waals surface area (Å²) in [7, 11) is 1.55. The Morgan fingerprint density at radius 3 is 3.00 bits per heavy atom. The summed E-state index contributed by atoms with van der Waals surface area (Å²) in [5.41, 5.74) is 1.59. The van der Waals surface area contributed by atoms with Gasteiger partial charge in [-0.1, -0.05) is 0 Å². The predicted molar refractivity (Wildman–Crippen MR) is 57.6 cm³/mol. The molecule has 0 saturated carbocycles. The minimum atomic E-state index is -0.991. The molecule has 0 aromatic carbocycles. The van der Waals surface area contributed by atoms with E-state index in [1.165, 1.54) is 6.20 Å². The van der Waals surface area contributed by atoms with Crippen molar-refractivity contribution in [2.75, 3.05) is 7.11 Å². The molecule has 0 aliphatic rings. The first-order valence-electron chi connectivity index (χ1n) is 4.87. The van der Waals surface area contributed by atoms with Gasteiger partial charge < -0.3 is 9.84 Å². The van der Waals surface area contributed by atoms with Gasteiger partial charge in [-0.2, -0.15) is 5.10 Å². The maximum absolute atomic E-state index is 11.1. The fourth-order valence-corrected chi connectivity index (χ4v) is 1.73. The van der Waals surface area contributed by atoms with E-state index in [1.54, 1.807) is 17.8 Å². The monoisotopic (exact) mass is 220 g/mol. The van der Waals surface area contributed by atoms with Crippen LogP contribution in [0.2, 0.25) is 0 Å². The van der Waals surface area contributed by atoms with Crippen LogP contribution in [-0.2, 0) is 4.74 Å². The summed E-state index contributed by atoms with van der Waals surface area (Å²) in [5, 5.41) is 13.1. The molecule has 0 amide bonds. The summed E-state index contributed by atoms with van der Waals surface area (Å²) in [4.78, 5) is 11.1. The van der Waals surface area contributed by atoms with Gasteiger partial charge in [0.2, 0.25) is 0 Å². The molecule has 0 spiro atoms. The summed E-state index contributed by atoms with van der Waals surface area (Å²) in [6, 6.07) is 3.64. The lowest BCUT2D eigenvalue weighted by Crippen LogP contribution is -2.10. The summed E-state index contributed by atoms with van der Waals surface area (Å²) in [5.74, 6) is -0.991. The van der Waals surface area contributed by atoms with Gasteiger partial charge in [-0.3, -0.25) is 0 Å². The van der Waals surface area contributed by atoms with E-state index in [-0.39, 0.29) is 11.7 Å². The Balaban J connectivity index is 2.75. The van der Waals surface area contributed by atoms with Gasteiger partial charge in [0.25, 0.3) is 0 Å². The molecule has 0 unspecified atom stereocenters. The number of nitrogens with zero attached hydrogens (tertiary/aromatic N) is 2. The van der Waals surface area contributed by atoms with Crippen molar-refractivity contribution in [1.82, 2.24) is 9.61 Å². The third kappa shape index (κ3) is 1.55. The Morgan fingerprint density at radius 2 is 2.38 bits per heavy atom. The van der Waals surface area contributed by atoms with Gasteiger partial charge in [0.15, 0.2) is 0 Å². The van der Waals surface area contributed by atoms with Crippen LogP contribution in [0.25, 0.3) is 5.52 Å². The Hall–Kier alpha value is -1.88. The van der Waals surface area contributed by atoms with Crippen LogP contribution >= 0.6 is 0 Å². The van der Waals surface area contributed by atoms with Crippen LogP contribution < -0.4 is 0 Å². The average Bonchev–Trinajstić information content (AvgIpc) is 2.74. The van der Waals surface area contributed by atoms with Gasteiger partial charge >= 0.3 is 5.97 Å². The second kappa shape index (κ2) is 3.94. The predicted octanol–water partition coefficient (Wildman–Crippen LogP) is 1.74. The number of carbonyl (C=O) groups is 1. The van der Waals surface area contributed by atoms with E-state index in [1.807, 2.05) is 19.1 Å². The number of hydrogen-bond donors (Lipinski definition) is 1. The Kier molecular flexibility index (Phi) is 2.62. The van der Waals surface area contributed by atoms with Crippen molar-refractivity contribution in [2.45, 2.75) is 13.0 Å². The van der Waals surface area contributed by atoms with Crippen molar-refractivity contribution < 1.29 is 14.6 Å². The molecule has 0 radical (unpaired) electrons. The van der Waals surface area contributed by atoms with E-state index in [9.17, 15) is 4.79 Å². The topological polar surface area (TPSA) is 63.8 Å². The van der Waals surface area contributed by atoms with Crippen molar-refractivity contribution in [3.63, 3.8) is 0 Å². The lowest BCUT2D eigenvalue weighted by molar-refractivity contribution is 0.0683. The van der Waals surface area contributed by atoms with Gasteiger partial charge in [-0.15, -0.1) is 0 Å². The molecule has 0 bridgehead atoms. The number of hydrogen-bond acceptors (Lipinski definition) is 3. The molecule has 0 saturated heterocycles. The number of ether oxygens (including phenoxy) is 1. The number of aromatic nitrogens is 2. The normalized spacial score (nSPS) is 12.9. The molecule has 0 fully saturated rings. The zero-order valence-electron chi connectivity index (χ0n) is 9.04. The fraction of sp³-hybridized carbons (Fsp3) is 0.273. The SMILES string of the molecule is CO[C@@H](C)c1c(C(=O)O)cnn2cccc12. The van der Waals surface area contributed by atoms with Gasteiger partial charge in [0, 0.05) is 18.9 Å². The van der Waals surface area contributed by atoms with Crippen LogP contribution in [0, 0.1) is 0 Å². The van der Waals surface area contributed by atoms with E-state index < -0.39 is 5.97 Å². The number of carboxylic acid groups (broad SMARTS) is 1. The fourth-order valence-electron chi connectivity index (χ4n) is 1.73. The first kappa shape index (κ1) is 10.6. The number of carboxylic acids is 1. The van der Waals surface area contributed by atoms with Gasteiger partial charge in [-0.25, -0.2) is 9.31 Å². The average molecular weight is 220 g/mol. The highest BCUT2D eigenvalue weighted by atomic mass is 16.5. The highest BCUT2D eigenvalue weighted by Gasteiger charge is 2.19. The van der Waals surface area contributed by atoms with E-state index >= 15 is 0 Å². The van der Waals surface area contributed by atoms with Gasteiger partial charge in [-0.05, 0) is 19.1 Å². The molecule has 2 aromatic rings. The zero-order chi connectivity index (χ0) is 11.7. The summed E-state index contributed by atoms with van der Waals surface area (Å²) in [6.45, 7) is 1.81. The van der Waals surface area contributed by atoms with Crippen LogP contribution in [0.3, 0.4) is 0 Å². The first-order chi connectivity index (χ1) is 7.65. The van der Waals surface area contributed by atoms with Crippen LogP contribution in [0.4, 0.5) is 0 Å². The van der Waals surface area contributed by atoms with E-state index in [0.717, 1.165) is 5.52 Å². The molecular weight excluding hydrogens is 208 g/mol. The molecule has 16 heavy (non-hydrogen) atoms. The highest BCUT2D eigenvalue weighted by Crippen LogP contribution is 2.25. The maximum atomic E-state index is 11.1. The molecule has 5 nitrogen and oxygen atoms in total. The molecule has 2 rings (SSSR count). The molecule has 0 aliphatic carbocycles. The highest BCUT2D eigenvalue weighted by molar-refractivity contribution is 5.91. The third-order valence-electron chi connectivity index (χ3n) is 2.60. The van der Waals surface area contributed by atoms with Gasteiger partial charge in [0.05, 0.1) is 23.4 Å². The number of fused-ring (bicyclic) bond motifs is 1. The summed E-state index contributed by atoms with van der Waals surface area (Å²) >= 11 is 0. The second-order valence-electron chi connectivity index (χ2n) is 3.49. The van der Waals surface area contributed by atoms with Crippen LogP contribution in [0.1, 0.15) is 28.9 Å². The molecule has 1 N–H and O–H groups in total. The Bertz CT molecular complexity index is 533. The molecular formula is C11H12N2O3. The lowest BCUT2D eigenvalue weighted by atomic mass is 10.1. The van der Waals surface area contributed by atoms with E-state index in [4.69, 9.17) is 9.84 Å². The van der Waals surface area contributed by atoms with Crippen LogP contribution in [0.5, 0.6) is 0 Å². The minimum Gasteiger partial charge on any atom is -0.478 e. The standard InChI is InChI=1S/C11H12N2O3/c1-7(16-2)10-8(11(14)15)6-12-13-5-3-4-9(10)13/h3-7H,1-2H3,(H,14,15)/t7-/m0/s1. The smallest absolute Gasteiger partial charge is 0.337 e. The quantitative estimate of drug-likeness (QED) is 0.855. The van der Waals surface area contributed by atoms with Crippen LogP contribution in [-0.4, -0.2) is 27.8 Å². The van der Waals surface area contributed by atoms with Crippen LogP contribution in [0.15, 0.2) is 24.5 Å². The Morgan fingerprint density at radius 1 is 1.62 bits per heavy atom. The largest absolute Gasteiger partial charge is 0.478 e. The number of methoxy groups -OCH3 is 1. The molecule has 5 heteroatoms. The van der Waals surface area contributed by atoms with Crippen molar-refractivity contribution >= 4 is 11.5 Å². The van der Waals surface area contributed by atoms with E-state index in [0.29, 0.717) is 5.56 Å². The van der Waals surface area contributed by atoms with Crippen molar-refractivity contribution in [1.29, 1.82) is 0 Å². The lowest BCUT2D eigenvalue weighted by Gasteiger charge is -2.14. The number of rotatable bonds is 3. The summed E-state index contributed by atoms with van der Waals surface area (Å²) < 4.78 is 6.84. The molecule has 0 aliphatic heterocycles. The second-order valence-corrected chi connectivity index (χ2v) is 3.49. The number of aromatic carboxylic acids is 1. The van der Waals surface area contributed by atoms with Crippen molar-refractivity contribution in [3.05, 3.63) is 35.7 Å². The van der Waals surface area contributed by atoms with Crippen molar-refractivity contribution in [3.8, 4) is 0 Å². The minimum absolute atomic E-state index is 0.181. The zero-order valence-corrected chi connectivity index (χ0v) is 9.04. The van der Waals surface area contributed by atoms with Crippen molar-refractivity contribution in [2.24, 2.45) is 0 Å². The third-order valence-corrected chi connectivity index (χ3v) is 2.60. The maximum Gasteiger partial charge on any atom is 0.337 e. The molecule has 2 heterocycles.